The summed E-state index contributed by atoms with van der Waals surface area (Å²) in [6, 6.07) is 207. The van der Waals surface area contributed by atoms with Gasteiger partial charge in [0.15, 0.2) is 31.4 Å². The van der Waals surface area contributed by atoms with Crippen molar-refractivity contribution in [1.82, 2.24) is 13.7 Å². The molecule has 0 saturated carbocycles. The standard InChI is InChI=1S/C78H57N2OPSi2.C48H36NPSi.CH4/c81-82(60-32-14-3-15-33-60,61-46-50-75-71(54-61)73-56-69(48-52-77(73)79(75)58-28-10-1-11-29-58)83(63-34-16-4-17-35-63,64-36-18-5-19-37-64)65-38-20-6-21-39-65)62-47-51-76-72(55-62)74-57-70(49-53-78(74)80(76)59-30-12-2-13-31-59)84(66-40-22-7-23-41-66,67-42-24-8-25-43-67)68-44-26-9-27-45-68;1-7-19-37(20-8-1)49-47-33-31-40(50(38-21-9-2-10-22-38)39-23-11-3-12-24-39)35-45(47)46-36-44(32-34-48(46)49)51(41-25-13-4-14-26-41,42-27-15-5-16-28-42)43-29-17-6-18-30-43;/h1-57H;1-36H;1H4. The van der Waals surface area contributed by atoms with Crippen LogP contribution in [0.3, 0.4) is 0 Å². The molecular weight excluding hydrogens is 1730 g/mol. The van der Waals surface area contributed by atoms with E-state index < -0.39 is 39.3 Å². The van der Waals surface area contributed by atoms with Gasteiger partial charge in [-0.3, -0.25) is 0 Å². The molecule has 0 radical (unpaired) electrons. The predicted octanol–water partition coefficient (Wildman–Crippen LogP) is 20.8. The first-order valence-corrected chi connectivity index (χ1v) is 55.4. The van der Waals surface area contributed by atoms with Crippen molar-refractivity contribution >= 4 is 199 Å². The van der Waals surface area contributed by atoms with E-state index in [-0.39, 0.29) is 7.43 Å². The van der Waals surface area contributed by atoms with Crippen molar-refractivity contribution in [3.63, 3.8) is 0 Å². The average Bonchev–Trinajstić information content (AvgIpc) is 1.49. The molecule has 0 aliphatic heterocycles. The van der Waals surface area contributed by atoms with E-state index in [1.165, 1.54) is 106 Å². The average molecular weight is 1830 g/mol. The van der Waals surface area contributed by atoms with Gasteiger partial charge < -0.3 is 18.3 Å². The highest BCUT2D eigenvalue weighted by molar-refractivity contribution is 7.85. The van der Waals surface area contributed by atoms with Gasteiger partial charge in [-0.25, -0.2) is 0 Å². The van der Waals surface area contributed by atoms with Crippen LogP contribution in [0.1, 0.15) is 7.43 Å². The molecule has 0 aliphatic rings. The largest absolute Gasteiger partial charge is 0.309 e. The van der Waals surface area contributed by atoms with Crippen molar-refractivity contribution in [3.8, 4) is 17.1 Å². The maximum atomic E-state index is 17.5. The van der Waals surface area contributed by atoms with E-state index >= 15 is 4.57 Å². The van der Waals surface area contributed by atoms with E-state index in [4.69, 9.17) is 0 Å². The monoisotopic (exact) mass is 1830 g/mol. The van der Waals surface area contributed by atoms with Crippen molar-refractivity contribution in [3.05, 3.63) is 564 Å². The Morgan fingerprint density at radius 1 is 0.162 bits per heavy atom. The molecule has 0 spiro atoms. The summed E-state index contributed by atoms with van der Waals surface area (Å²) in [7, 11) is -13.0. The van der Waals surface area contributed by atoms with Crippen LogP contribution < -0.4 is 94.1 Å². The molecule has 24 rings (SSSR count). The summed E-state index contributed by atoms with van der Waals surface area (Å²) < 4.78 is 24.7. The Morgan fingerprint density at radius 2 is 0.353 bits per heavy atom. The Kier molecular flexibility index (Phi) is 23.4. The van der Waals surface area contributed by atoms with E-state index in [2.05, 4.69) is 560 Å². The number of para-hydroxylation sites is 3. The van der Waals surface area contributed by atoms with E-state index in [0.717, 1.165) is 70.9 Å². The number of benzene rings is 21. The first-order valence-electron chi connectivity index (χ1n) is 46.4. The highest BCUT2D eigenvalue weighted by Crippen LogP contribution is 2.47. The van der Waals surface area contributed by atoms with Gasteiger partial charge in [0.2, 0.25) is 0 Å². The third kappa shape index (κ3) is 14.7. The third-order valence-electron chi connectivity index (χ3n) is 27.6. The molecule has 0 atom stereocenters. The van der Waals surface area contributed by atoms with Crippen LogP contribution in [0.15, 0.2) is 564 Å². The topological polar surface area (TPSA) is 31.9 Å². The van der Waals surface area contributed by atoms with Gasteiger partial charge in [-0.2, -0.15) is 0 Å². The summed E-state index contributed by atoms with van der Waals surface area (Å²) in [5.41, 5.74) is 10.0. The first kappa shape index (κ1) is 85.8. The highest BCUT2D eigenvalue weighted by atomic mass is 31.2. The van der Waals surface area contributed by atoms with E-state index in [1.54, 1.807) is 0 Å². The molecule has 136 heavy (non-hydrogen) atoms. The molecule has 9 heteroatoms. The van der Waals surface area contributed by atoms with Crippen molar-refractivity contribution in [2.75, 3.05) is 0 Å². The lowest BCUT2D eigenvalue weighted by atomic mass is 10.1. The normalized spacial score (nSPS) is 11.9. The minimum absolute atomic E-state index is 0. The Balaban J connectivity index is 0.000000176. The van der Waals surface area contributed by atoms with Gasteiger partial charge in [-0.05, 0) is 189 Å². The molecule has 0 bridgehead atoms. The molecule has 4 nitrogen and oxygen atoms in total. The van der Waals surface area contributed by atoms with Crippen LogP contribution in [0.25, 0.3) is 82.5 Å². The predicted molar refractivity (Wildman–Crippen MR) is 592 cm³/mol. The summed E-state index contributed by atoms with van der Waals surface area (Å²) in [4.78, 5) is 0. The summed E-state index contributed by atoms with van der Waals surface area (Å²) in [5, 5.41) is 29.3. The fourth-order valence-electron chi connectivity index (χ4n) is 21.7. The van der Waals surface area contributed by atoms with Crippen LogP contribution >= 0.6 is 15.1 Å². The molecule has 648 valence electrons. The van der Waals surface area contributed by atoms with Gasteiger partial charge in [-0.15, -0.1) is 0 Å². The van der Waals surface area contributed by atoms with E-state index in [1.807, 2.05) is 18.2 Å². The fourth-order valence-corrected chi connectivity index (χ4v) is 41.0. The number of hydrogen-bond donors (Lipinski definition) is 0. The maximum absolute atomic E-state index is 17.5. The second-order valence-electron chi connectivity index (χ2n) is 34.8. The zero-order chi connectivity index (χ0) is 90.1. The number of nitrogens with zero attached hydrogens (tertiary/aromatic N) is 3. The zero-order valence-corrected chi connectivity index (χ0v) is 79.1. The van der Waals surface area contributed by atoms with Crippen LogP contribution in [-0.2, 0) is 4.57 Å². The molecular formula is C127H97N3OP2Si3. The Morgan fingerprint density at radius 3 is 0.596 bits per heavy atom. The SMILES string of the molecule is C.O=P(c1ccccc1)(c1ccc2c(c1)c1cc([Si](c3ccccc3)(c3ccccc3)c3ccccc3)ccc1n2-c1ccccc1)c1ccc2c(c1)c1cc([Si](c3ccccc3)(c3ccccc3)c3ccccc3)ccc1n2-c1ccccc1.c1ccc(-n2c3ccc(P(c4ccccc4)c4ccccc4)cc3c3cc([Si](c4ccccc4)(c4ccccc4)c4ccccc4)ccc32)cc1. The maximum Gasteiger partial charge on any atom is 0.179 e. The number of rotatable bonds is 21. The second-order valence-corrected chi connectivity index (χ2v) is 51.2. The smallest absolute Gasteiger partial charge is 0.179 e. The summed E-state index contributed by atoms with van der Waals surface area (Å²) in [6.45, 7) is 0. The van der Waals surface area contributed by atoms with Crippen LogP contribution in [0.4, 0.5) is 0 Å². The summed E-state index contributed by atoms with van der Waals surface area (Å²) >= 11 is 0. The number of fused-ring (bicyclic) bond motifs is 9. The minimum Gasteiger partial charge on any atom is -0.309 e. The van der Waals surface area contributed by atoms with Gasteiger partial charge in [-0.1, -0.05) is 468 Å². The molecule has 0 saturated heterocycles. The molecule has 3 aromatic heterocycles. The molecule has 0 amide bonds. The van der Waals surface area contributed by atoms with Crippen molar-refractivity contribution < 1.29 is 4.57 Å². The number of hydrogen-bond acceptors (Lipinski definition) is 1. The van der Waals surface area contributed by atoms with Gasteiger partial charge in [0.25, 0.3) is 0 Å². The minimum atomic E-state index is -3.64. The summed E-state index contributed by atoms with van der Waals surface area (Å²) in [5.74, 6) is 0. The Hall–Kier alpha value is -15.7. The third-order valence-corrected chi connectivity index (χ3v) is 47.4. The zero-order valence-electron chi connectivity index (χ0n) is 74.3. The van der Waals surface area contributed by atoms with Crippen LogP contribution in [0.5, 0.6) is 0 Å². The van der Waals surface area contributed by atoms with E-state index in [9.17, 15) is 0 Å². The lowest BCUT2D eigenvalue weighted by Gasteiger charge is -2.34. The fraction of sp³-hybridized carbons (Fsp3) is 0.00787. The second kappa shape index (κ2) is 37.1. The van der Waals surface area contributed by atoms with Crippen LogP contribution in [-0.4, -0.2) is 37.9 Å². The van der Waals surface area contributed by atoms with Gasteiger partial charge in [0.1, 0.15) is 0 Å². The molecule has 0 unspecified atom stereocenters. The number of aromatic nitrogens is 3. The van der Waals surface area contributed by atoms with Crippen molar-refractivity contribution in [2.45, 2.75) is 7.43 Å². The van der Waals surface area contributed by atoms with Crippen LogP contribution in [0.2, 0.25) is 0 Å². The summed E-state index contributed by atoms with van der Waals surface area (Å²) in [6.07, 6.45) is 0. The van der Waals surface area contributed by atoms with Gasteiger partial charge in [0.05, 0.1) is 33.1 Å². The molecule has 0 fully saturated rings. The van der Waals surface area contributed by atoms with Crippen molar-refractivity contribution in [2.24, 2.45) is 0 Å². The quantitative estimate of drug-likeness (QED) is 0.0401. The molecule has 0 N–H and O–H groups in total. The van der Waals surface area contributed by atoms with Gasteiger partial charge in [0, 0.05) is 65.3 Å². The molecule has 3 heterocycles. The molecule has 24 aromatic rings. The highest BCUT2D eigenvalue weighted by Gasteiger charge is 2.46. The Bertz CT molecular complexity index is 7770. The van der Waals surface area contributed by atoms with Crippen molar-refractivity contribution in [1.29, 1.82) is 0 Å². The Labute approximate surface area is 799 Å². The molecule has 21 aromatic carbocycles. The van der Waals surface area contributed by atoms with Gasteiger partial charge >= 0.3 is 0 Å². The van der Waals surface area contributed by atoms with E-state index in [0.29, 0.717) is 0 Å². The lowest BCUT2D eigenvalue weighted by Crippen LogP contribution is -2.74. The first-order chi connectivity index (χ1) is 66.9. The molecule has 0 aliphatic carbocycles. The lowest BCUT2D eigenvalue weighted by molar-refractivity contribution is 0.592. The van der Waals surface area contributed by atoms with Crippen LogP contribution in [0, 0.1) is 0 Å².